The van der Waals surface area contributed by atoms with E-state index in [1.54, 1.807) is 23.1 Å². The molecule has 4 nitrogen and oxygen atoms in total. The summed E-state index contributed by atoms with van der Waals surface area (Å²) < 4.78 is 27.0. The minimum absolute atomic E-state index is 0.0487. The molecule has 4 rings (SSSR count). The zero-order valence-electron chi connectivity index (χ0n) is 15.5. The van der Waals surface area contributed by atoms with E-state index >= 15 is 0 Å². The van der Waals surface area contributed by atoms with E-state index in [1.807, 2.05) is 6.92 Å². The molecular formula is C22H21F2NO3. The quantitative estimate of drug-likeness (QED) is 0.851. The lowest BCUT2D eigenvalue weighted by Gasteiger charge is -2.49. The number of amides is 1. The molecule has 0 aromatic heterocycles. The first-order valence-electron chi connectivity index (χ1n) is 9.43. The second-order valence-corrected chi connectivity index (χ2v) is 7.81. The summed E-state index contributed by atoms with van der Waals surface area (Å²) in [7, 11) is 0. The summed E-state index contributed by atoms with van der Waals surface area (Å²) >= 11 is 0. The molecule has 1 N–H and O–H groups in total. The topological polar surface area (TPSA) is 57.6 Å². The Bertz CT molecular complexity index is 966. The molecule has 0 radical (unpaired) electrons. The highest BCUT2D eigenvalue weighted by molar-refractivity contribution is 6.01. The number of halogens is 2. The smallest absolute Gasteiger partial charge is 0.313 e. The molecule has 1 saturated carbocycles. The van der Waals surface area contributed by atoms with Crippen molar-refractivity contribution in [3.05, 3.63) is 70.3 Å². The molecule has 28 heavy (non-hydrogen) atoms. The zero-order valence-corrected chi connectivity index (χ0v) is 15.5. The van der Waals surface area contributed by atoms with Crippen LogP contribution in [0.25, 0.3) is 0 Å². The van der Waals surface area contributed by atoms with Crippen LogP contribution >= 0.6 is 0 Å². The lowest BCUT2D eigenvalue weighted by Crippen LogP contribution is -2.58. The number of carbonyl (C=O) groups excluding carboxylic acids is 1. The predicted molar refractivity (Wildman–Crippen MR) is 99.0 cm³/mol. The highest BCUT2D eigenvalue weighted by Gasteiger charge is 2.55. The average Bonchev–Trinajstić information content (AvgIpc) is 3.11. The first-order chi connectivity index (χ1) is 13.3. The van der Waals surface area contributed by atoms with Gasteiger partial charge in [-0.05, 0) is 49.1 Å². The second-order valence-electron chi connectivity index (χ2n) is 7.81. The van der Waals surface area contributed by atoms with Gasteiger partial charge in [0.1, 0.15) is 5.92 Å². The molecule has 1 fully saturated rings. The fraction of sp³-hybridized carbons (Fsp3) is 0.364. The van der Waals surface area contributed by atoms with E-state index in [9.17, 15) is 23.5 Å². The van der Waals surface area contributed by atoms with Crippen molar-refractivity contribution in [2.24, 2.45) is 0 Å². The Morgan fingerprint density at radius 3 is 2.50 bits per heavy atom. The van der Waals surface area contributed by atoms with Crippen molar-refractivity contribution in [2.75, 3.05) is 0 Å². The molecule has 1 aliphatic heterocycles. The Labute approximate surface area is 161 Å². The molecule has 0 bridgehead atoms. The van der Waals surface area contributed by atoms with Gasteiger partial charge in [-0.25, -0.2) is 8.78 Å². The van der Waals surface area contributed by atoms with Crippen molar-refractivity contribution in [2.45, 2.75) is 50.6 Å². The fourth-order valence-corrected chi connectivity index (χ4v) is 4.87. The fourth-order valence-electron chi connectivity index (χ4n) is 4.87. The predicted octanol–water partition coefficient (Wildman–Crippen LogP) is 4.41. The molecule has 1 aliphatic carbocycles. The number of hydrogen-bond donors (Lipinski definition) is 1. The van der Waals surface area contributed by atoms with E-state index in [-0.39, 0.29) is 12.5 Å². The normalized spacial score (nSPS) is 20.5. The zero-order chi connectivity index (χ0) is 20.1. The minimum atomic E-state index is -0.978. The SMILES string of the molecule is Cc1ccc2c(c1)C(C(=O)O)C1(CCCC1)N(Cc1ccc(F)c(F)c1)C2=O. The summed E-state index contributed by atoms with van der Waals surface area (Å²) in [5.41, 5.74) is 1.42. The highest BCUT2D eigenvalue weighted by Crippen LogP contribution is 2.51. The van der Waals surface area contributed by atoms with Gasteiger partial charge in [-0.2, -0.15) is 0 Å². The van der Waals surface area contributed by atoms with Gasteiger partial charge in [-0.15, -0.1) is 0 Å². The summed E-state index contributed by atoms with van der Waals surface area (Å²) in [6, 6.07) is 8.80. The number of benzene rings is 2. The Morgan fingerprint density at radius 1 is 1.14 bits per heavy atom. The maximum atomic E-state index is 13.7. The molecular weight excluding hydrogens is 364 g/mol. The van der Waals surface area contributed by atoms with Gasteiger partial charge in [0.2, 0.25) is 0 Å². The van der Waals surface area contributed by atoms with Crippen LogP contribution in [0.15, 0.2) is 36.4 Å². The Hall–Kier alpha value is -2.76. The summed E-state index contributed by atoms with van der Waals surface area (Å²) in [6.45, 7) is 1.92. The molecule has 146 valence electrons. The molecule has 2 aromatic carbocycles. The number of aryl methyl sites for hydroxylation is 1. The summed E-state index contributed by atoms with van der Waals surface area (Å²) in [5, 5.41) is 10.1. The average molecular weight is 385 g/mol. The van der Waals surface area contributed by atoms with Crippen LogP contribution in [0, 0.1) is 18.6 Å². The number of rotatable bonds is 3. The molecule has 2 aliphatic rings. The number of nitrogens with zero attached hydrogens (tertiary/aromatic N) is 1. The van der Waals surface area contributed by atoms with Gasteiger partial charge in [0.05, 0.1) is 5.54 Å². The number of fused-ring (bicyclic) bond motifs is 1. The Morgan fingerprint density at radius 2 is 1.86 bits per heavy atom. The summed E-state index contributed by atoms with van der Waals surface area (Å²) in [6.07, 6.45) is 2.80. The monoisotopic (exact) mass is 385 g/mol. The lowest BCUT2D eigenvalue weighted by atomic mass is 9.71. The van der Waals surface area contributed by atoms with Crippen LogP contribution in [-0.2, 0) is 11.3 Å². The third kappa shape index (κ3) is 2.79. The van der Waals surface area contributed by atoms with Crippen LogP contribution < -0.4 is 0 Å². The van der Waals surface area contributed by atoms with E-state index in [4.69, 9.17) is 0 Å². The first kappa shape index (κ1) is 18.6. The highest BCUT2D eigenvalue weighted by atomic mass is 19.2. The number of hydrogen-bond acceptors (Lipinski definition) is 2. The maximum Gasteiger partial charge on any atom is 0.313 e. The largest absolute Gasteiger partial charge is 0.481 e. The van der Waals surface area contributed by atoms with Crippen LogP contribution in [0.4, 0.5) is 8.78 Å². The molecule has 1 atom stereocenters. The van der Waals surface area contributed by atoms with Gasteiger partial charge in [0.15, 0.2) is 11.6 Å². The number of aliphatic carboxylic acids is 1. The van der Waals surface area contributed by atoms with Crippen molar-refractivity contribution in [3.63, 3.8) is 0 Å². The second kappa shape index (κ2) is 6.69. The molecule has 6 heteroatoms. The maximum absolute atomic E-state index is 13.7. The van der Waals surface area contributed by atoms with E-state index < -0.39 is 29.1 Å². The molecule has 1 spiro atoms. The van der Waals surface area contributed by atoms with Crippen LogP contribution in [-0.4, -0.2) is 27.4 Å². The number of carboxylic acids is 1. The molecule has 1 unspecified atom stereocenters. The Balaban J connectivity index is 1.86. The molecule has 0 saturated heterocycles. The third-order valence-electron chi connectivity index (χ3n) is 6.11. The Kier molecular flexibility index (Phi) is 4.44. The van der Waals surface area contributed by atoms with Gasteiger partial charge >= 0.3 is 5.97 Å². The van der Waals surface area contributed by atoms with Crippen molar-refractivity contribution < 1.29 is 23.5 Å². The van der Waals surface area contributed by atoms with Gasteiger partial charge in [-0.3, -0.25) is 9.59 Å². The van der Waals surface area contributed by atoms with Crippen LogP contribution in [0.1, 0.15) is 58.6 Å². The van der Waals surface area contributed by atoms with E-state index in [1.165, 1.54) is 6.07 Å². The van der Waals surface area contributed by atoms with E-state index in [0.717, 1.165) is 30.5 Å². The summed E-state index contributed by atoms with van der Waals surface area (Å²) in [4.78, 5) is 27.3. The lowest BCUT2D eigenvalue weighted by molar-refractivity contribution is -0.143. The van der Waals surface area contributed by atoms with Gasteiger partial charge in [-0.1, -0.05) is 36.6 Å². The van der Waals surface area contributed by atoms with Crippen LogP contribution in [0.3, 0.4) is 0 Å². The van der Waals surface area contributed by atoms with Crippen LogP contribution in [0.5, 0.6) is 0 Å². The number of carbonyl (C=O) groups is 2. The first-order valence-corrected chi connectivity index (χ1v) is 9.43. The molecule has 1 heterocycles. The van der Waals surface area contributed by atoms with Crippen molar-refractivity contribution in [3.8, 4) is 0 Å². The minimum Gasteiger partial charge on any atom is -0.481 e. The number of carboxylic acid groups (broad SMARTS) is 1. The third-order valence-corrected chi connectivity index (χ3v) is 6.11. The van der Waals surface area contributed by atoms with E-state index in [2.05, 4.69) is 0 Å². The van der Waals surface area contributed by atoms with E-state index in [0.29, 0.717) is 29.5 Å². The standard InChI is InChI=1S/C22H21F2NO3/c1-13-4-6-15-16(10-13)19(21(27)28)22(8-2-3-9-22)25(20(15)26)12-14-5-7-17(23)18(24)11-14/h4-7,10-11,19H,2-3,8-9,12H2,1H3,(H,27,28). The van der Waals surface area contributed by atoms with Gasteiger partial charge in [0.25, 0.3) is 5.91 Å². The summed E-state index contributed by atoms with van der Waals surface area (Å²) in [5.74, 6) is -3.98. The van der Waals surface area contributed by atoms with Crippen LogP contribution in [0.2, 0.25) is 0 Å². The van der Waals surface area contributed by atoms with Crippen molar-refractivity contribution in [1.29, 1.82) is 0 Å². The van der Waals surface area contributed by atoms with Gasteiger partial charge < -0.3 is 10.0 Å². The van der Waals surface area contributed by atoms with Crippen molar-refractivity contribution in [1.82, 2.24) is 4.90 Å². The molecule has 2 aromatic rings. The molecule has 1 amide bonds. The van der Waals surface area contributed by atoms with Crippen molar-refractivity contribution >= 4 is 11.9 Å². The van der Waals surface area contributed by atoms with Gasteiger partial charge in [0, 0.05) is 12.1 Å².